The van der Waals surface area contributed by atoms with Crippen molar-refractivity contribution in [3.05, 3.63) is 33.1 Å². The second-order valence-corrected chi connectivity index (χ2v) is 4.34. The van der Waals surface area contributed by atoms with E-state index >= 15 is 0 Å². The molecular formula is C12H15ClN2O4. The molecule has 6 nitrogen and oxygen atoms in total. The third-order valence-corrected chi connectivity index (χ3v) is 2.79. The molecule has 0 aliphatic carbocycles. The lowest BCUT2D eigenvalue weighted by molar-refractivity contribution is -0.385. The number of nitrogens with zero attached hydrogens (tertiary/aromatic N) is 2. The summed E-state index contributed by atoms with van der Waals surface area (Å²) in [5.41, 5.74) is -0.367. The van der Waals surface area contributed by atoms with Gasteiger partial charge in [0.2, 0.25) is 0 Å². The number of pyridine rings is 1. The predicted molar refractivity (Wildman–Crippen MR) is 70.3 cm³/mol. The Morgan fingerprint density at radius 1 is 1.47 bits per heavy atom. The highest BCUT2D eigenvalue weighted by Gasteiger charge is 2.18. The quantitative estimate of drug-likeness (QED) is 0.252. The minimum Gasteiger partial charge on any atom is -0.462 e. The zero-order valence-corrected chi connectivity index (χ0v) is 11.4. The van der Waals surface area contributed by atoms with Crippen molar-refractivity contribution in [3.8, 4) is 0 Å². The van der Waals surface area contributed by atoms with Crippen LogP contribution in [0.25, 0.3) is 0 Å². The van der Waals surface area contributed by atoms with E-state index in [0.717, 1.165) is 37.9 Å². The minimum absolute atomic E-state index is 0.0774. The number of unbranched alkanes of at least 4 members (excludes halogenated alkanes) is 3. The molecule has 1 aromatic heterocycles. The number of hydrogen-bond donors (Lipinski definition) is 0. The molecule has 1 heterocycles. The van der Waals surface area contributed by atoms with Gasteiger partial charge in [-0.1, -0.05) is 37.8 Å². The second-order valence-electron chi connectivity index (χ2n) is 3.99. The van der Waals surface area contributed by atoms with Gasteiger partial charge in [0.1, 0.15) is 16.9 Å². The van der Waals surface area contributed by atoms with E-state index in [1.807, 2.05) is 0 Å². The smallest absolute Gasteiger partial charge is 0.341 e. The summed E-state index contributed by atoms with van der Waals surface area (Å²) in [6.45, 7) is 2.36. The molecule has 1 aromatic rings. The summed E-state index contributed by atoms with van der Waals surface area (Å²) in [7, 11) is 0. The number of nitro groups is 1. The predicted octanol–water partition coefficient (Wildman–Crippen LogP) is 3.38. The Kier molecular flexibility index (Phi) is 6.21. The van der Waals surface area contributed by atoms with Gasteiger partial charge in [0, 0.05) is 6.07 Å². The number of rotatable bonds is 7. The van der Waals surface area contributed by atoms with E-state index in [1.165, 1.54) is 0 Å². The third kappa shape index (κ3) is 4.82. The molecule has 0 saturated carbocycles. The molecule has 7 heteroatoms. The lowest BCUT2D eigenvalue weighted by Crippen LogP contribution is -2.08. The maximum Gasteiger partial charge on any atom is 0.341 e. The number of carbonyl (C=O) groups excluding carboxylic acids is 1. The zero-order chi connectivity index (χ0) is 14.3. The molecule has 0 amide bonds. The summed E-state index contributed by atoms with van der Waals surface area (Å²) in [6, 6.07) is 1.07. The molecule has 0 atom stereocenters. The van der Waals surface area contributed by atoms with Crippen LogP contribution in [0.3, 0.4) is 0 Å². The highest BCUT2D eigenvalue weighted by molar-refractivity contribution is 6.32. The summed E-state index contributed by atoms with van der Waals surface area (Å²) >= 11 is 5.72. The largest absolute Gasteiger partial charge is 0.462 e. The fourth-order valence-corrected chi connectivity index (χ4v) is 1.63. The Balaban J connectivity index is 2.61. The second kappa shape index (κ2) is 7.68. The molecule has 1 rings (SSSR count). The highest BCUT2D eigenvalue weighted by Crippen LogP contribution is 2.20. The van der Waals surface area contributed by atoms with Crippen LogP contribution < -0.4 is 0 Å². The van der Waals surface area contributed by atoms with Gasteiger partial charge in [-0.25, -0.2) is 9.78 Å². The average Bonchev–Trinajstić information content (AvgIpc) is 2.38. The minimum atomic E-state index is -0.683. The van der Waals surface area contributed by atoms with E-state index in [1.54, 1.807) is 0 Å². The summed E-state index contributed by atoms with van der Waals surface area (Å²) in [5.74, 6) is -0.683. The molecule has 104 valence electrons. The van der Waals surface area contributed by atoms with Gasteiger partial charge < -0.3 is 4.74 Å². The lowest BCUT2D eigenvalue weighted by atomic mass is 10.2. The summed E-state index contributed by atoms with van der Waals surface area (Å²) in [4.78, 5) is 25.3. The van der Waals surface area contributed by atoms with Crippen LogP contribution in [0.1, 0.15) is 43.0 Å². The van der Waals surface area contributed by atoms with Crippen LogP contribution in [0.2, 0.25) is 5.15 Å². The van der Waals surface area contributed by atoms with Crippen LogP contribution in [-0.4, -0.2) is 22.5 Å². The number of aromatic nitrogens is 1. The summed E-state index contributed by atoms with van der Waals surface area (Å²) in [5, 5.41) is 10.5. The van der Waals surface area contributed by atoms with Gasteiger partial charge in [-0.3, -0.25) is 10.1 Å². The molecular weight excluding hydrogens is 272 g/mol. The van der Waals surface area contributed by atoms with E-state index in [2.05, 4.69) is 11.9 Å². The topological polar surface area (TPSA) is 82.3 Å². The van der Waals surface area contributed by atoms with Crippen LogP contribution in [0.4, 0.5) is 5.69 Å². The molecule has 0 saturated heterocycles. The number of hydrogen-bond acceptors (Lipinski definition) is 5. The van der Waals surface area contributed by atoms with Gasteiger partial charge in [0.15, 0.2) is 0 Å². The number of halogens is 1. The van der Waals surface area contributed by atoms with Crippen LogP contribution in [-0.2, 0) is 4.74 Å². The van der Waals surface area contributed by atoms with Crippen LogP contribution in [0.15, 0.2) is 12.3 Å². The van der Waals surface area contributed by atoms with Gasteiger partial charge in [0.25, 0.3) is 5.69 Å². The first-order valence-electron chi connectivity index (χ1n) is 6.03. The first-order chi connectivity index (χ1) is 9.06. The van der Waals surface area contributed by atoms with Crippen molar-refractivity contribution in [3.63, 3.8) is 0 Å². The molecule has 0 radical (unpaired) electrons. The van der Waals surface area contributed by atoms with Gasteiger partial charge in [0.05, 0.1) is 11.5 Å². The van der Waals surface area contributed by atoms with Gasteiger partial charge in [-0.05, 0) is 6.42 Å². The van der Waals surface area contributed by atoms with E-state index in [-0.39, 0.29) is 23.0 Å². The summed E-state index contributed by atoms with van der Waals surface area (Å²) < 4.78 is 5.00. The van der Waals surface area contributed by atoms with Crippen molar-refractivity contribution in [1.82, 2.24) is 4.98 Å². The van der Waals surface area contributed by atoms with Crippen LogP contribution >= 0.6 is 11.6 Å². The molecule has 0 aromatic carbocycles. The standard InChI is InChI=1S/C12H15ClN2O4/c1-2-3-4-5-6-19-12(16)10-7-9(15(17)18)8-14-11(10)13/h7-8H,2-6H2,1H3. The number of carbonyl (C=O) groups is 1. The summed E-state index contributed by atoms with van der Waals surface area (Å²) in [6.07, 6.45) is 4.91. The van der Waals surface area contributed by atoms with E-state index in [0.29, 0.717) is 0 Å². The van der Waals surface area contributed by atoms with Crippen molar-refractivity contribution < 1.29 is 14.5 Å². The fraction of sp³-hybridized carbons (Fsp3) is 0.500. The molecule has 0 aliphatic rings. The average molecular weight is 287 g/mol. The van der Waals surface area contributed by atoms with Crippen LogP contribution in [0.5, 0.6) is 0 Å². The molecule has 19 heavy (non-hydrogen) atoms. The lowest BCUT2D eigenvalue weighted by Gasteiger charge is -2.05. The SMILES string of the molecule is CCCCCCOC(=O)c1cc([N+](=O)[O-])cnc1Cl. The molecule has 0 bridgehead atoms. The Morgan fingerprint density at radius 3 is 2.84 bits per heavy atom. The van der Waals surface area contributed by atoms with Crippen molar-refractivity contribution in [1.29, 1.82) is 0 Å². The van der Waals surface area contributed by atoms with E-state index in [4.69, 9.17) is 16.3 Å². The first kappa shape index (κ1) is 15.4. The van der Waals surface area contributed by atoms with Crippen LogP contribution in [0, 0.1) is 10.1 Å². The van der Waals surface area contributed by atoms with E-state index < -0.39 is 10.9 Å². The molecule has 0 fully saturated rings. The van der Waals surface area contributed by atoms with Crippen molar-refractivity contribution in [2.24, 2.45) is 0 Å². The Bertz CT molecular complexity index is 465. The molecule has 0 N–H and O–H groups in total. The monoisotopic (exact) mass is 286 g/mol. The maximum absolute atomic E-state index is 11.7. The molecule has 0 aliphatic heterocycles. The number of ether oxygens (including phenoxy) is 1. The number of esters is 1. The van der Waals surface area contributed by atoms with Gasteiger partial charge >= 0.3 is 5.97 Å². The highest BCUT2D eigenvalue weighted by atomic mass is 35.5. The van der Waals surface area contributed by atoms with Crippen molar-refractivity contribution in [2.75, 3.05) is 6.61 Å². The Labute approximate surface area is 115 Å². The zero-order valence-electron chi connectivity index (χ0n) is 10.6. The molecule has 0 unspecified atom stereocenters. The maximum atomic E-state index is 11.7. The Hall–Kier alpha value is -1.69. The molecule has 0 spiro atoms. The Morgan fingerprint density at radius 2 is 2.21 bits per heavy atom. The normalized spacial score (nSPS) is 10.2. The fourth-order valence-electron chi connectivity index (χ4n) is 1.45. The van der Waals surface area contributed by atoms with Gasteiger partial charge in [-0.15, -0.1) is 0 Å². The van der Waals surface area contributed by atoms with Crippen molar-refractivity contribution >= 4 is 23.3 Å². The third-order valence-electron chi connectivity index (χ3n) is 2.49. The first-order valence-corrected chi connectivity index (χ1v) is 6.41. The van der Waals surface area contributed by atoms with E-state index in [9.17, 15) is 14.9 Å². The van der Waals surface area contributed by atoms with Gasteiger partial charge in [-0.2, -0.15) is 0 Å². The van der Waals surface area contributed by atoms with Crippen molar-refractivity contribution in [2.45, 2.75) is 32.6 Å².